The normalized spacial score (nSPS) is 10.6. The summed E-state index contributed by atoms with van der Waals surface area (Å²) in [6.07, 6.45) is 0. The van der Waals surface area contributed by atoms with Gasteiger partial charge in [-0.15, -0.1) is 11.6 Å². The van der Waals surface area contributed by atoms with Crippen LogP contribution in [0.15, 0.2) is 28.8 Å². The Bertz CT molecular complexity index is 461. The van der Waals surface area contributed by atoms with Gasteiger partial charge in [0.2, 0.25) is 0 Å². The average Bonchev–Trinajstić information content (AvgIpc) is 2.66. The number of halogens is 2. The summed E-state index contributed by atoms with van der Waals surface area (Å²) in [7, 11) is 0. The molecule has 1 aromatic heterocycles. The van der Waals surface area contributed by atoms with Crippen molar-refractivity contribution in [2.75, 3.05) is 0 Å². The van der Waals surface area contributed by atoms with Gasteiger partial charge in [-0.25, -0.2) is 4.39 Å². The Labute approximate surface area is 91.7 Å². The summed E-state index contributed by atoms with van der Waals surface area (Å²) in [5.74, 6) is 0.472. The van der Waals surface area contributed by atoms with Crippen molar-refractivity contribution in [2.45, 2.75) is 12.8 Å². The van der Waals surface area contributed by atoms with E-state index in [4.69, 9.17) is 16.1 Å². The molecular formula is C11H9ClFNO. The molecule has 0 spiro atoms. The lowest BCUT2D eigenvalue weighted by Gasteiger charge is -2.01. The summed E-state index contributed by atoms with van der Waals surface area (Å²) < 4.78 is 18.5. The Hall–Kier alpha value is -1.35. The second-order valence-corrected chi connectivity index (χ2v) is 3.51. The summed E-state index contributed by atoms with van der Waals surface area (Å²) in [5, 5.41) is 3.78. The van der Waals surface area contributed by atoms with E-state index in [0.29, 0.717) is 17.0 Å². The molecule has 0 unspecified atom stereocenters. The van der Waals surface area contributed by atoms with Crippen LogP contribution >= 0.6 is 11.6 Å². The molecule has 2 rings (SSSR count). The zero-order valence-corrected chi connectivity index (χ0v) is 8.88. The van der Waals surface area contributed by atoms with Crippen LogP contribution in [0, 0.1) is 12.7 Å². The monoisotopic (exact) mass is 225 g/mol. The van der Waals surface area contributed by atoms with Crippen molar-refractivity contribution in [3.05, 3.63) is 41.4 Å². The van der Waals surface area contributed by atoms with Crippen LogP contribution < -0.4 is 0 Å². The van der Waals surface area contributed by atoms with Gasteiger partial charge in [-0.05, 0) is 18.6 Å². The second kappa shape index (κ2) is 4.03. The summed E-state index contributed by atoms with van der Waals surface area (Å²) in [5.41, 5.74) is 1.78. The molecule has 0 aliphatic carbocycles. The molecule has 78 valence electrons. The highest BCUT2D eigenvalue weighted by Crippen LogP contribution is 2.26. The molecule has 0 amide bonds. The van der Waals surface area contributed by atoms with Crippen LogP contribution in [-0.4, -0.2) is 5.16 Å². The number of aromatic nitrogens is 1. The number of hydrogen-bond acceptors (Lipinski definition) is 2. The van der Waals surface area contributed by atoms with Crippen molar-refractivity contribution in [2.24, 2.45) is 0 Å². The van der Waals surface area contributed by atoms with Crippen LogP contribution in [-0.2, 0) is 5.88 Å². The van der Waals surface area contributed by atoms with E-state index in [-0.39, 0.29) is 11.7 Å². The van der Waals surface area contributed by atoms with Gasteiger partial charge >= 0.3 is 0 Å². The summed E-state index contributed by atoms with van der Waals surface area (Å²) in [4.78, 5) is 0. The van der Waals surface area contributed by atoms with Crippen LogP contribution in [0.2, 0.25) is 0 Å². The molecule has 0 aliphatic heterocycles. The number of nitrogens with zero attached hydrogens (tertiary/aromatic N) is 1. The maximum Gasteiger partial charge on any atom is 0.152 e. The van der Waals surface area contributed by atoms with E-state index in [1.54, 1.807) is 12.1 Å². The molecule has 0 atom stereocenters. The summed E-state index contributed by atoms with van der Waals surface area (Å²) in [6.45, 7) is 1.83. The Balaban J connectivity index is 2.53. The molecule has 2 nitrogen and oxygen atoms in total. The molecule has 4 heteroatoms. The second-order valence-electron chi connectivity index (χ2n) is 3.24. The molecule has 1 aromatic carbocycles. The fourth-order valence-electron chi connectivity index (χ4n) is 1.45. The zero-order chi connectivity index (χ0) is 10.8. The predicted octanol–water partition coefficient (Wildman–Crippen LogP) is 3.53. The number of aryl methyl sites for hydroxylation is 1. The van der Waals surface area contributed by atoms with Crippen molar-refractivity contribution < 1.29 is 8.91 Å². The molecular weight excluding hydrogens is 217 g/mol. The molecule has 1 heterocycles. The quantitative estimate of drug-likeness (QED) is 0.731. The summed E-state index contributed by atoms with van der Waals surface area (Å²) >= 11 is 5.58. The lowest BCUT2D eigenvalue weighted by Crippen LogP contribution is -1.87. The smallest absolute Gasteiger partial charge is 0.152 e. The van der Waals surface area contributed by atoms with Gasteiger partial charge in [0.25, 0.3) is 0 Å². The van der Waals surface area contributed by atoms with E-state index in [2.05, 4.69) is 5.16 Å². The molecule has 15 heavy (non-hydrogen) atoms. The average molecular weight is 226 g/mol. The minimum Gasteiger partial charge on any atom is -0.359 e. The third-order valence-electron chi connectivity index (χ3n) is 2.17. The number of rotatable bonds is 2. The molecule has 0 saturated heterocycles. The van der Waals surface area contributed by atoms with E-state index < -0.39 is 0 Å². The molecule has 0 radical (unpaired) electrons. The van der Waals surface area contributed by atoms with E-state index in [1.165, 1.54) is 6.07 Å². The van der Waals surface area contributed by atoms with Crippen molar-refractivity contribution in [1.29, 1.82) is 0 Å². The van der Waals surface area contributed by atoms with E-state index in [9.17, 15) is 4.39 Å². The first kappa shape index (κ1) is 10.2. The Morgan fingerprint density at radius 1 is 1.47 bits per heavy atom. The van der Waals surface area contributed by atoms with Gasteiger partial charge < -0.3 is 4.52 Å². The number of alkyl halides is 1. The molecule has 0 N–H and O–H groups in total. The van der Waals surface area contributed by atoms with Gasteiger partial charge in [-0.3, -0.25) is 0 Å². The molecule has 0 aliphatic rings. The first-order valence-electron chi connectivity index (χ1n) is 4.49. The van der Waals surface area contributed by atoms with Gasteiger partial charge in [0, 0.05) is 11.6 Å². The van der Waals surface area contributed by atoms with Gasteiger partial charge in [0.1, 0.15) is 11.5 Å². The van der Waals surface area contributed by atoms with Crippen LogP contribution in [0.25, 0.3) is 11.3 Å². The Morgan fingerprint density at radius 2 is 2.27 bits per heavy atom. The molecule has 0 fully saturated rings. The van der Waals surface area contributed by atoms with Gasteiger partial charge in [0.05, 0.1) is 5.88 Å². The topological polar surface area (TPSA) is 26.0 Å². The SMILES string of the molecule is Cc1cccc(F)c1-c1cc(CCl)on1. The first-order valence-corrected chi connectivity index (χ1v) is 5.03. The minimum atomic E-state index is -0.301. The molecule has 0 saturated carbocycles. The fourth-order valence-corrected chi connectivity index (χ4v) is 1.58. The van der Waals surface area contributed by atoms with Crippen molar-refractivity contribution in [3.63, 3.8) is 0 Å². The maximum absolute atomic E-state index is 13.5. The van der Waals surface area contributed by atoms with Crippen LogP contribution in [0.5, 0.6) is 0 Å². The zero-order valence-electron chi connectivity index (χ0n) is 8.13. The molecule has 2 aromatic rings. The minimum absolute atomic E-state index is 0.237. The number of hydrogen-bond donors (Lipinski definition) is 0. The van der Waals surface area contributed by atoms with Crippen LogP contribution in [0.3, 0.4) is 0 Å². The summed E-state index contributed by atoms with van der Waals surface area (Å²) in [6, 6.07) is 6.54. The highest BCUT2D eigenvalue weighted by molar-refractivity contribution is 6.16. The van der Waals surface area contributed by atoms with E-state index >= 15 is 0 Å². The van der Waals surface area contributed by atoms with Crippen molar-refractivity contribution in [3.8, 4) is 11.3 Å². The lowest BCUT2D eigenvalue weighted by atomic mass is 10.1. The third kappa shape index (κ3) is 1.88. The first-order chi connectivity index (χ1) is 7.22. The molecule has 0 bridgehead atoms. The highest BCUT2D eigenvalue weighted by Gasteiger charge is 2.12. The Kier molecular flexibility index (Phi) is 2.73. The van der Waals surface area contributed by atoms with Gasteiger partial charge in [-0.2, -0.15) is 0 Å². The van der Waals surface area contributed by atoms with Gasteiger partial charge in [-0.1, -0.05) is 17.3 Å². The van der Waals surface area contributed by atoms with Crippen LogP contribution in [0.4, 0.5) is 4.39 Å². The van der Waals surface area contributed by atoms with Crippen molar-refractivity contribution >= 4 is 11.6 Å². The Morgan fingerprint density at radius 3 is 2.87 bits per heavy atom. The van der Waals surface area contributed by atoms with Crippen molar-refractivity contribution in [1.82, 2.24) is 5.16 Å². The largest absolute Gasteiger partial charge is 0.359 e. The number of benzene rings is 1. The third-order valence-corrected chi connectivity index (χ3v) is 2.43. The predicted molar refractivity (Wildman–Crippen MR) is 56.2 cm³/mol. The maximum atomic E-state index is 13.5. The highest BCUT2D eigenvalue weighted by atomic mass is 35.5. The fraction of sp³-hybridized carbons (Fsp3) is 0.182. The van der Waals surface area contributed by atoms with E-state index in [1.807, 2.05) is 13.0 Å². The van der Waals surface area contributed by atoms with E-state index in [0.717, 1.165) is 5.56 Å². The van der Waals surface area contributed by atoms with Crippen LogP contribution in [0.1, 0.15) is 11.3 Å². The standard InChI is InChI=1S/C11H9ClFNO/c1-7-3-2-4-9(13)11(7)10-5-8(6-12)15-14-10/h2-5H,6H2,1H3. The lowest BCUT2D eigenvalue weighted by molar-refractivity contribution is 0.396. The van der Waals surface area contributed by atoms with Gasteiger partial charge in [0.15, 0.2) is 5.76 Å².